The second kappa shape index (κ2) is 12.8. The van der Waals surface area contributed by atoms with Gasteiger partial charge in [0, 0.05) is 42.0 Å². The minimum Gasteiger partial charge on any atom is -0.490 e. The van der Waals surface area contributed by atoms with Crippen LogP contribution in [0, 0.1) is 11.3 Å². The fourth-order valence-electron chi connectivity index (χ4n) is 5.79. The van der Waals surface area contributed by atoms with Gasteiger partial charge in [0.2, 0.25) is 0 Å². The summed E-state index contributed by atoms with van der Waals surface area (Å²) in [5.41, 5.74) is 9.95. The zero-order chi connectivity index (χ0) is 27.2. The zero-order valence-electron chi connectivity index (χ0n) is 22.3. The second-order valence-electron chi connectivity index (χ2n) is 10.6. The number of carbonyl (C=O) groups is 1. The van der Waals surface area contributed by atoms with Crippen molar-refractivity contribution in [3.63, 3.8) is 0 Å². The van der Waals surface area contributed by atoms with E-state index in [1.54, 1.807) is 29.5 Å². The van der Waals surface area contributed by atoms with Crippen LogP contribution in [0.3, 0.4) is 0 Å². The Morgan fingerprint density at radius 2 is 1.79 bits per heavy atom. The SMILES string of the molecule is N=C(c1ccc(OC2CCN(CCO)CC2)cc1)c1cc(C(=O)NC(c2ccsc2)C2CCCC2)ccc1N. The molecule has 7 nitrogen and oxygen atoms in total. The summed E-state index contributed by atoms with van der Waals surface area (Å²) in [6.45, 7) is 2.75. The van der Waals surface area contributed by atoms with Crippen LogP contribution in [0.1, 0.15) is 71.6 Å². The van der Waals surface area contributed by atoms with Gasteiger partial charge in [-0.05, 0) is 96.5 Å². The molecule has 2 aliphatic rings. The lowest BCUT2D eigenvalue weighted by molar-refractivity contribution is 0.0889. The van der Waals surface area contributed by atoms with Crippen LogP contribution in [-0.2, 0) is 0 Å². The number of nitrogens with one attached hydrogen (secondary N) is 2. The summed E-state index contributed by atoms with van der Waals surface area (Å²) in [6, 6.07) is 14.8. The monoisotopic (exact) mass is 546 g/mol. The van der Waals surface area contributed by atoms with Gasteiger partial charge in [-0.1, -0.05) is 12.8 Å². The van der Waals surface area contributed by atoms with E-state index in [-0.39, 0.29) is 30.4 Å². The predicted molar refractivity (Wildman–Crippen MR) is 157 cm³/mol. The highest BCUT2D eigenvalue weighted by Gasteiger charge is 2.28. The lowest BCUT2D eigenvalue weighted by Crippen LogP contribution is -2.39. The van der Waals surface area contributed by atoms with Gasteiger partial charge in [-0.25, -0.2) is 0 Å². The number of nitrogen functional groups attached to an aromatic ring is 1. The van der Waals surface area contributed by atoms with Crippen LogP contribution in [0.4, 0.5) is 5.69 Å². The highest BCUT2D eigenvalue weighted by molar-refractivity contribution is 7.08. The van der Waals surface area contributed by atoms with E-state index in [4.69, 9.17) is 21.0 Å². The van der Waals surface area contributed by atoms with Crippen LogP contribution in [0.15, 0.2) is 59.3 Å². The van der Waals surface area contributed by atoms with Crippen molar-refractivity contribution >= 4 is 28.6 Å². The zero-order valence-corrected chi connectivity index (χ0v) is 23.1. The number of anilines is 1. The van der Waals surface area contributed by atoms with E-state index in [1.807, 2.05) is 24.3 Å². The number of amides is 1. The number of ether oxygens (including phenoxy) is 1. The number of thiophene rings is 1. The van der Waals surface area contributed by atoms with E-state index in [9.17, 15) is 4.79 Å². The maximum atomic E-state index is 13.4. The first-order valence-electron chi connectivity index (χ1n) is 13.9. The number of nitrogens with zero attached hydrogens (tertiary/aromatic N) is 1. The van der Waals surface area contributed by atoms with Crippen LogP contribution >= 0.6 is 11.3 Å². The van der Waals surface area contributed by atoms with Crippen molar-refractivity contribution < 1.29 is 14.6 Å². The normalized spacial score (nSPS) is 17.7. The summed E-state index contributed by atoms with van der Waals surface area (Å²) in [7, 11) is 0. The van der Waals surface area contributed by atoms with Gasteiger partial charge >= 0.3 is 0 Å². The molecule has 2 heterocycles. The molecule has 5 N–H and O–H groups in total. The van der Waals surface area contributed by atoms with Crippen molar-refractivity contribution in [2.45, 2.75) is 50.7 Å². The summed E-state index contributed by atoms with van der Waals surface area (Å²) in [6.07, 6.45) is 6.67. The van der Waals surface area contributed by atoms with Gasteiger partial charge in [0.1, 0.15) is 11.9 Å². The van der Waals surface area contributed by atoms with Gasteiger partial charge in [0.25, 0.3) is 5.91 Å². The molecule has 0 spiro atoms. The van der Waals surface area contributed by atoms with Gasteiger partial charge in [0.15, 0.2) is 0 Å². The first kappa shape index (κ1) is 27.4. The number of aliphatic hydroxyl groups is 1. The number of carbonyl (C=O) groups excluding carboxylic acids is 1. The van der Waals surface area contributed by atoms with Crippen molar-refractivity contribution in [1.82, 2.24) is 10.2 Å². The summed E-state index contributed by atoms with van der Waals surface area (Å²) >= 11 is 1.65. The molecule has 39 heavy (non-hydrogen) atoms. The van der Waals surface area contributed by atoms with Gasteiger partial charge < -0.3 is 25.8 Å². The Morgan fingerprint density at radius 1 is 1.08 bits per heavy atom. The third-order valence-electron chi connectivity index (χ3n) is 8.04. The quantitative estimate of drug-likeness (QED) is 0.205. The molecule has 1 saturated heterocycles. The molecular formula is C31H38N4O3S. The fraction of sp³-hybridized carbons (Fsp3) is 0.419. The average molecular weight is 547 g/mol. The molecule has 1 aliphatic heterocycles. The molecule has 5 rings (SSSR count). The van der Waals surface area contributed by atoms with Gasteiger partial charge in [0.05, 0.1) is 18.4 Å². The lowest BCUT2D eigenvalue weighted by Gasteiger charge is -2.31. The molecule has 1 unspecified atom stereocenters. The predicted octanol–water partition coefficient (Wildman–Crippen LogP) is 5.24. The number of nitrogens with two attached hydrogens (primary N) is 1. The average Bonchev–Trinajstić information content (AvgIpc) is 3.69. The molecule has 0 radical (unpaired) electrons. The molecule has 1 amide bonds. The van der Waals surface area contributed by atoms with Gasteiger partial charge in [-0.3, -0.25) is 10.2 Å². The largest absolute Gasteiger partial charge is 0.490 e. The number of piperidine rings is 1. The molecule has 1 aliphatic carbocycles. The van der Waals surface area contributed by atoms with Crippen LogP contribution in [0.25, 0.3) is 0 Å². The third kappa shape index (κ3) is 6.69. The Kier molecular flexibility index (Phi) is 8.96. The number of aliphatic hydroxyl groups excluding tert-OH is 1. The summed E-state index contributed by atoms with van der Waals surface area (Å²) in [4.78, 5) is 15.6. The molecule has 206 valence electrons. The molecule has 3 aromatic rings. The van der Waals surface area contributed by atoms with Crippen LogP contribution in [-0.4, -0.2) is 54.0 Å². The van der Waals surface area contributed by atoms with E-state index in [1.165, 1.54) is 18.4 Å². The maximum absolute atomic E-state index is 13.4. The molecule has 8 heteroatoms. The smallest absolute Gasteiger partial charge is 0.251 e. The summed E-state index contributed by atoms with van der Waals surface area (Å²) < 4.78 is 6.17. The molecule has 2 fully saturated rings. The number of rotatable bonds is 10. The van der Waals surface area contributed by atoms with Crippen molar-refractivity contribution in [1.29, 1.82) is 5.41 Å². The second-order valence-corrected chi connectivity index (χ2v) is 11.4. The number of hydrogen-bond donors (Lipinski definition) is 4. The van der Waals surface area contributed by atoms with Gasteiger partial charge in [-0.2, -0.15) is 11.3 Å². The number of benzene rings is 2. The van der Waals surface area contributed by atoms with E-state index in [2.05, 4.69) is 27.0 Å². The van der Waals surface area contributed by atoms with E-state index >= 15 is 0 Å². The molecule has 0 bridgehead atoms. The standard InChI is InChI=1S/C31H38N4O3S/c32-28-10-7-23(31(37)34-30(22-3-1-2-4-22)24-13-18-39-20-24)19-27(28)29(33)21-5-8-25(9-6-21)38-26-11-14-35(15-12-26)16-17-36/h5-10,13,18-20,22,26,30,33,36H,1-4,11-12,14-17,32H2,(H,34,37). The first-order chi connectivity index (χ1) is 19.0. The molecule has 2 aromatic carbocycles. The van der Waals surface area contributed by atoms with Crippen molar-refractivity contribution in [3.8, 4) is 5.75 Å². The van der Waals surface area contributed by atoms with Crippen LogP contribution in [0.5, 0.6) is 5.75 Å². The number of likely N-dealkylation sites (tertiary alicyclic amines) is 1. The van der Waals surface area contributed by atoms with Crippen LogP contribution in [0.2, 0.25) is 0 Å². The first-order valence-corrected chi connectivity index (χ1v) is 14.9. The molecule has 1 atom stereocenters. The van der Waals surface area contributed by atoms with E-state index < -0.39 is 0 Å². The highest BCUT2D eigenvalue weighted by atomic mass is 32.1. The molecular weight excluding hydrogens is 508 g/mol. The Labute approximate surface area is 234 Å². The summed E-state index contributed by atoms with van der Waals surface area (Å²) in [5, 5.41) is 25.4. The minimum absolute atomic E-state index is 0.00108. The third-order valence-corrected chi connectivity index (χ3v) is 8.74. The molecule has 1 aromatic heterocycles. The minimum atomic E-state index is -0.138. The number of hydrogen-bond acceptors (Lipinski definition) is 7. The maximum Gasteiger partial charge on any atom is 0.251 e. The van der Waals surface area contributed by atoms with Crippen molar-refractivity contribution in [2.75, 3.05) is 32.0 Å². The topological polar surface area (TPSA) is 112 Å². The Bertz CT molecular complexity index is 1250. The van der Waals surface area contributed by atoms with E-state index in [0.717, 1.165) is 44.5 Å². The Hall–Kier alpha value is -3.20. The van der Waals surface area contributed by atoms with Gasteiger partial charge in [-0.15, -0.1) is 0 Å². The van der Waals surface area contributed by atoms with Crippen LogP contribution < -0.4 is 15.8 Å². The highest BCUT2D eigenvalue weighted by Crippen LogP contribution is 2.36. The molecule has 1 saturated carbocycles. The Morgan fingerprint density at radius 3 is 2.46 bits per heavy atom. The van der Waals surface area contributed by atoms with E-state index in [0.29, 0.717) is 34.8 Å². The van der Waals surface area contributed by atoms with Crippen molar-refractivity contribution in [2.24, 2.45) is 5.92 Å². The Balaban J connectivity index is 1.25. The lowest BCUT2D eigenvalue weighted by atomic mass is 9.92. The fourth-order valence-corrected chi connectivity index (χ4v) is 6.49. The summed E-state index contributed by atoms with van der Waals surface area (Å²) in [5.74, 6) is 1.09. The van der Waals surface area contributed by atoms with Crippen molar-refractivity contribution in [3.05, 3.63) is 81.5 Å². The number of β-amino-alcohol motifs (C(OH)–C–C–N with tert-alkyl or cyclic N) is 1.